The van der Waals surface area contributed by atoms with Crippen molar-refractivity contribution in [2.45, 2.75) is 24.7 Å². The minimum atomic E-state index is -1.25. The monoisotopic (exact) mass is 443 g/mol. The van der Waals surface area contributed by atoms with Crippen LogP contribution in [0.1, 0.15) is 33.6 Å². The summed E-state index contributed by atoms with van der Waals surface area (Å²) in [4.78, 5) is 21.2. The molecule has 2 aromatic rings. The molecule has 2 aliphatic rings. The molecule has 31 heavy (non-hydrogen) atoms. The molecule has 1 aliphatic heterocycles. The standard InChI is InChI=1S/C21H19ClFN5O3/c1-30-9-12-4-11(7-24)8-26-18(12)19(29)27-13-2-3-16(22)14(5-13)21(10-23)15-6-17(15)31-20(25)28-21/h2-5,8,15,17H,6,9-10H2,1H3,(H2,25,28)(H,27,29)/t15?,17-,21-/m1/s1. The number of hydrogen-bond acceptors (Lipinski definition) is 7. The fourth-order valence-corrected chi connectivity index (χ4v) is 4.17. The molecule has 160 valence electrons. The number of nitriles is 1. The molecule has 0 spiro atoms. The molecule has 2 heterocycles. The Hall–Kier alpha value is -3.22. The molecule has 1 saturated carbocycles. The first-order valence-electron chi connectivity index (χ1n) is 9.49. The Morgan fingerprint density at radius 3 is 3.03 bits per heavy atom. The fourth-order valence-electron chi connectivity index (χ4n) is 3.89. The van der Waals surface area contributed by atoms with E-state index in [1.807, 2.05) is 6.07 Å². The SMILES string of the molecule is COCc1cc(C#N)cnc1C(=O)Nc1ccc(Cl)c([C@@]2(CF)N=C(N)O[C@@H]3CC32)c1. The van der Waals surface area contributed by atoms with Crippen molar-refractivity contribution in [3.05, 3.63) is 57.9 Å². The molecule has 0 bridgehead atoms. The summed E-state index contributed by atoms with van der Waals surface area (Å²) in [6, 6.07) is 8.22. The highest BCUT2D eigenvalue weighted by atomic mass is 35.5. The number of fused-ring (bicyclic) bond motifs is 1. The van der Waals surface area contributed by atoms with Crippen LogP contribution in [-0.4, -0.2) is 36.8 Å². The Morgan fingerprint density at radius 2 is 2.32 bits per heavy atom. The van der Waals surface area contributed by atoms with Crippen LogP contribution in [0.15, 0.2) is 35.5 Å². The van der Waals surface area contributed by atoms with Gasteiger partial charge < -0.3 is 20.5 Å². The molecule has 10 heteroatoms. The van der Waals surface area contributed by atoms with Gasteiger partial charge in [0, 0.05) is 41.1 Å². The van der Waals surface area contributed by atoms with Crippen molar-refractivity contribution in [2.75, 3.05) is 19.1 Å². The molecule has 8 nitrogen and oxygen atoms in total. The van der Waals surface area contributed by atoms with Gasteiger partial charge in [-0.2, -0.15) is 5.26 Å². The first-order valence-corrected chi connectivity index (χ1v) is 9.87. The van der Waals surface area contributed by atoms with Crippen LogP contribution in [0.5, 0.6) is 0 Å². The maximum Gasteiger partial charge on any atom is 0.283 e. The van der Waals surface area contributed by atoms with Crippen molar-refractivity contribution in [1.82, 2.24) is 4.98 Å². The summed E-state index contributed by atoms with van der Waals surface area (Å²) in [6.07, 6.45) is 1.74. The van der Waals surface area contributed by atoms with Gasteiger partial charge in [0.15, 0.2) is 0 Å². The van der Waals surface area contributed by atoms with Gasteiger partial charge in [-0.15, -0.1) is 0 Å². The van der Waals surface area contributed by atoms with E-state index in [1.54, 1.807) is 24.3 Å². The predicted molar refractivity (Wildman–Crippen MR) is 111 cm³/mol. The molecular formula is C21H19ClFN5O3. The average molecular weight is 444 g/mol. The number of anilines is 1. The van der Waals surface area contributed by atoms with Crippen LogP contribution >= 0.6 is 11.6 Å². The minimum Gasteiger partial charge on any atom is -0.462 e. The van der Waals surface area contributed by atoms with E-state index in [0.717, 1.165) is 0 Å². The van der Waals surface area contributed by atoms with Gasteiger partial charge in [0.05, 0.1) is 12.2 Å². The van der Waals surface area contributed by atoms with E-state index in [0.29, 0.717) is 33.8 Å². The lowest BCUT2D eigenvalue weighted by atomic mass is 9.85. The van der Waals surface area contributed by atoms with Gasteiger partial charge in [-0.3, -0.25) is 4.79 Å². The third kappa shape index (κ3) is 3.80. The van der Waals surface area contributed by atoms with Crippen LogP contribution in [0, 0.1) is 17.2 Å². The second kappa shape index (κ2) is 8.13. The largest absolute Gasteiger partial charge is 0.462 e. The van der Waals surface area contributed by atoms with Crippen molar-refractivity contribution < 1.29 is 18.7 Å². The van der Waals surface area contributed by atoms with Crippen molar-refractivity contribution in [2.24, 2.45) is 16.6 Å². The zero-order valence-corrected chi connectivity index (χ0v) is 17.3. The van der Waals surface area contributed by atoms with Crippen LogP contribution in [0.4, 0.5) is 10.1 Å². The molecule has 1 aliphatic carbocycles. The van der Waals surface area contributed by atoms with E-state index in [9.17, 15) is 9.18 Å². The number of nitrogens with one attached hydrogen (secondary N) is 1. The summed E-state index contributed by atoms with van der Waals surface area (Å²) in [6.45, 7) is -0.691. The number of benzene rings is 1. The van der Waals surface area contributed by atoms with Crippen molar-refractivity contribution in [1.29, 1.82) is 5.26 Å². The Labute approximate surface area is 182 Å². The first-order chi connectivity index (χ1) is 14.9. The number of nitrogens with zero attached hydrogens (tertiary/aromatic N) is 3. The Kier molecular flexibility index (Phi) is 5.52. The third-order valence-corrected chi connectivity index (χ3v) is 5.76. The average Bonchev–Trinajstić information content (AvgIpc) is 3.54. The van der Waals surface area contributed by atoms with E-state index < -0.39 is 18.1 Å². The Bertz CT molecular complexity index is 1120. The molecule has 1 unspecified atom stereocenters. The van der Waals surface area contributed by atoms with Crippen LogP contribution < -0.4 is 11.1 Å². The minimum absolute atomic E-state index is 0.0760. The molecule has 3 atom stereocenters. The van der Waals surface area contributed by atoms with Crippen LogP contribution in [0.25, 0.3) is 0 Å². The lowest BCUT2D eigenvalue weighted by Crippen LogP contribution is -2.39. The van der Waals surface area contributed by atoms with E-state index in [1.165, 1.54) is 13.3 Å². The molecule has 0 saturated heterocycles. The van der Waals surface area contributed by atoms with Crippen LogP contribution in [0.2, 0.25) is 5.02 Å². The highest BCUT2D eigenvalue weighted by Crippen LogP contribution is 2.54. The fraction of sp³-hybridized carbons (Fsp3) is 0.333. The first kappa shape index (κ1) is 21.0. The van der Waals surface area contributed by atoms with Gasteiger partial charge in [0.1, 0.15) is 30.1 Å². The lowest BCUT2D eigenvalue weighted by Gasteiger charge is -2.32. The zero-order valence-electron chi connectivity index (χ0n) is 16.6. The second-order valence-electron chi connectivity index (χ2n) is 7.43. The number of aromatic nitrogens is 1. The smallest absolute Gasteiger partial charge is 0.283 e. The number of carbonyl (C=O) groups is 1. The zero-order chi connectivity index (χ0) is 22.2. The molecule has 1 fully saturated rings. The number of methoxy groups -OCH3 is 1. The summed E-state index contributed by atoms with van der Waals surface area (Å²) in [5.74, 6) is -0.680. The summed E-state index contributed by atoms with van der Waals surface area (Å²) in [5.41, 5.74) is 6.23. The molecule has 0 radical (unpaired) electrons. The topological polar surface area (TPSA) is 123 Å². The molecule has 1 aromatic carbocycles. The Morgan fingerprint density at radius 1 is 1.52 bits per heavy atom. The second-order valence-corrected chi connectivity index (χ2v) is 7.84. The molecule has 1 aromatic heterocycles. The van der Waals surface area contributed by atoms with Crippen molar-refractivity contribution in [3.8, 4) is 6.07 Å². The number of aliphatic imine (C=N–C) groups is 1. The maximum atomic E-state index is 14.3. The molecular weight excluding hydrogens is 425 g/mol. The van der Waals surface area contributed by atoms with E-state index in [-0.39, 0.29) is 30.3 Å². The lowest BCUT2D eigenvalue weighted by molar-refractivity contribution is 0.101. The molecule has 1 amide bonds. The van der Waals surface area contributed by atoms with Crippen LogP contribution in [-0.2, 0) is 21.6 Å². The summed E-state index contributed by atoms with van der Waals surface area (Å²) in [5, 5.41) is 12.1. The number of amidine groups is 1. The highest BCUT2D eigenvalue weighted by molar-refractivity contribution is 6.31. The number of ether oxygens (including phenoxy) is 2. The molecule has 3 N–H and O–H groups in total. The maximum absolute atomic E-state index is 14.3. The van der Waals surface area contributed by atoms with Gasteiger partial charge in [-0.25, -0.2) is 14.4 Å². The quantitative estimate of drug-likeness (QED) is 0.707. The number of pyridine rings is 1. The van der Waals surface area contributed by atoms with Gasteiger partial charge >= 0.3 is 0 Å². The summed E-state index contributed by atoms with van der Waals surface area (Å²) in [7, 11) is 1.48. The Balaban J connectivity index is 1.67. The van der Waals surface area contributed by atoms with Crippen LogP contribution in [0.3, 0.4) is 0 Å². The number of nitrogens with two attached hydrogens (primary N) is 1. The summed E-state index contributed by atoms with van der Waals surface area (Å²) < 4.78 is 24.8. The number of rotatable bonds is 6. The third-order valence-electron chi connectivity index (χ3n) is 5.43. The van der Waals surface area contributed by atoms with Crippen molar-refractivity contribution >= 4 is 29.2 Å². The van der Waals surface area contributed by atoms with E-state index >= 15 is 0 Å². The van der Waals surface area contributed by atoms with Crippen molar-refractivity contribution in [3.63, 3.8) is 0 Å². The van der Waals surface area contributed by atoms with Gasteiger partial charge in [0.25, 0.3) is 11.9 Å². The number of hydrogen-bond donors (Lipinski definition) is 2. The van der Waals surface area contributed by atoms with Gasteiger partial charge in [-0.05, 0) is 30.7 Å². The number of amides is 1. The highest BCUT2D eigenvalue weighted by Gasteiger charge is 2.59. The number of halogens is 2. The predicted octanol–water partition coefficient (Wildman–Crippen LogP) is 2.90. The molecule has 4 rings (SSSR count). The van der Waals surface area contributed by atoms with Gasteiger partial charge in [-0.1, -0.05) is 11.6 Å². The number of carbonyl (C=O) groups excluding carboxylic acids is 1. The summed E-state index contributed by atoms with van der Waals surface area (Å²) >= 11 is 6.39. The number of alkyl halides is 1. The van der Waals surface area contributed by atoms with E-state index in [2.05, 4.69) is 15.3 Å². The normalized spacial score (nSPS) is 23.7. The van der Waals surface area contributed by atoms with E-state index in [4.69, 9.17) is 32.1 Å². The van der Waals surface area contributed by atoms with Gasteiger partial charge in [0.2, 0.25) is 0 Å².